The summed E-state index contributed by atoms with van der Waals surface area (Å²) in [5.74, 6) is 1.55. The second-order valence-corrected chi connectivity index (χ2v) is 7.47. The Morgan fingerprint density at radius 3 is 2.88 bits per heavy atom. The highest BCUT2D eigenvalue weighted by Gasteiger charge is 2.26. The second-order valence-electron chi connectivity index (χ2n) is 7.47. The lowest BCUT2D eigenvalue weighted by molar-refractivity contribution is 0.348. The SMILES string of the molecule is Cc1noc(C)c1CN[C@@H]1C[C@H](C)CN(c2cccc3ncccc23)C1. The topological polar surface area (TPSA) is 54.2 Å². The molecular formula is C21H26N4O. The van der Waals surface area contributed by atoms with Gasteiger partial charge in [0.25, 0.3) is 0 Å². The number of nitrogens with one attached hydrogen (secondary N) is 1. The van der Waals surface area contributed by atoms with Crippen LogP contribution in [0.5, 0.6) is 0 Å². The molecule has 0 radical (unpaired) electrons. The first-order valence-electron chi connectivity index (χ1n) is 9.35. The van der Waals surface area contributed by atoms with Gasteiger partial charge in [-0.05, 0) is 50.5 Å². The molecule has 2 aromatic heterocycles. The first-order chi connectivity index (χ1) is 12.6. The molecule has 2 atom stereocenters. The molecule has 5 nitrogen and oxygen atoms in total. The minimum absolute atomic E-state index is 0.444. The highest BCUT2D eigenvalue weighted by atomic mass is 16.5. The van der Waals surface area contributed by atoms with E-state index in [2.05, 4.69) is 51.5 Å². The van der Waals surface area contributed by atoms with Crippen LogP contribution in [0.1, 0.15) is 30.4 Å². The minimum Gasteiger partial charge on any atom is -0.369 e. The summed E-state index contributed by atoms with van der Waals surface area (Å²) >= 11 is 0. The lowest BCUT2D eigenvalue weighted by Crippen LogP contribution is -2.48. The molecular weight excluding hydrogens is 324 g/mol. The fraction of sp³-hybridized carbons (Fsp3) is 0.429. The molecule has 0 saturated carbocycles. The average molecular weight is 350 g/mol. The molecule has 0 aliphatic carbocycles. The summed E-state index contributed by atoms with van der Waals surface area (Å²) in [6, 6.07) is 11.0. The number of piperidine rings is 1. The van der Waals surface area contributed by atoms with Gasteiger partial charge in [0.05, 0.1) is 11.2 Å². The third-order valence-corrected chi connectivity index (χ3v) is 5.37. The molecule has 3 aromatic rings. The highest BCUT2D eigenvalue weighted by molar-refractivity contribution is 5.91. The summed E-state index contributed by atoms with van der Waals surface area (Å²) in [7, 11) is 0. The van der Waals surface area contributed by atoms with Crippen molar-refractivity contribution < 1.29 is 4.52 Å². The maximum absolute atomic E-state index is 5.29. The molecule has 1 fully saturated rings. The molecule has 0 spiro atoms. The number of benzene rings is 1. The van der Waals surface area contributed by atoms with Gasteiger partial charge in [0, 0.05) is 48.5 Å². The number of aryl methyl sites for hydroxylation is 2. The van der Waals surface area contributed by atoms with Crippen LogP contribution in [0.15, 0.2) is 41.1 Å². The van der Waals surface area contributed by atoms with Crippen molar-refractivity contribution in [1.82, 2.24) is 15.5 Å². The molecule has 1 aromatic carbocycles. The summed E-state index contributed by atoms with van der Waals surface area (Å²) in [5.41, 5.74) is 4.51. The number of rotatable bonds is 4. The van der Waals surface area contributed by atoms with Gasteiger partial charge in [-0.3, -0.25) is 4.98 Å². The van der Waals surface area contributed by atoms with E-state index in [0.717, 1.165) is 36.6 Å². The Morgan fingerprint density at radius 2 is 2.08 bits per heavy atom. The molecule has 4 rings (SSSR count). The van der Waals surface area contributed by atoms with Crippen molar-refractivity contribution in [1.29, 1.82) is 0 Å². The molecule has 0 bridgehead atoms. The van der Waals surface area contributed by atoms with E-state index in [4.69, 9.17) is 4.52 Å². The van der Waals surface area contributed by atoms with Crippen molar-refractivity contribution in [2.45, 2.75) is 39.8 Å². The molecule has 0 unspecified atom stereocenters. The minimum atomic E-state index is 0.444. The number of pyridine rings is 1. The Hall–Kier alpha value is -2.40. The van der Waals surface area contributed by atoms with E-state index in [9.17, 15) is 0 Å². The van der Waals surface area contributed by atoms with E-state index in [0.29, 0.717) is 12.0 Å². The number of anilines is 1. The van der Waals surface area contributed by atoms with Gasteiger partial charge in [0.15, 0.2) is 0 Å². The Kier molecular flexibility index (Phi) is 4.64. The predicted octanol–water partition coefficient (Wildman–Crippen LogP) is 3.84. The summed E-state index contributed by atoms with van der Waals surface area (Å²) in [4.78, 5) is 7.01. The van der Waals surface area contributed by atoms with Crippen molar-refractivity contribution >= 4 is 16.6 Å². The van der Waals surface area contributed by atoms with Gasteiger partial charge in [-0.15, -0.1) is 0 Å². The van der Waals surface area contributed by atoms with Crippen LogP contribution >= 0.6 is 0 Å². The normalized spacial score (nSPS) is 20.7. The fourth-order valence-corrected chi connectivity index (χ4v) is 4.06. The molecule has 3 heterocycles. The molecule has 0 amide bonds. The smallest absolute Gasteiger partial charge is 0.138 e. The van der Waals surface area contributed by atoms with Crippen LogP contribution in [-0.4, -0.2) is 29.3 Å². The number of hydrogen-bond donors (Lipinski definition) is 1. The van der Waals surface area contributed by atoms with Gasteiger partial charge in [-0.1, -0.05) is 18.1 Å². The lowest BCUT2D eigenvalue weighted by Gasteiger charge is -2.39. The van der Waals surface area contributed by atoms with Crippen molar-refractivity contribution in [3.63, 3.8) is 0 Å². The van der Waals surface area contributed by atoms with Crippen LogP contribution in [0, 0.1) is 19.8 Å². The fourth-order valence-electron chi connectivity index (χ4n) is 4.06. The van der Waals surface area contributed by atoms with Crippen LogP contribution in [0.4, 0.5) is 5.69 Å². The Bertz CT molecular complexity index is 879. The van der Waals surface area contributed by atoms with Gasteiger partial charge < -0.3 is 14.7 Å². The van der Waals surface area contributed by atoms with Crippen molar-refractivity contribution in [3.8, 4) is 0 Å². The average Bonchev–Trinajstić information content (AvgIpc) is 2.97. The quantitative estimate of drug-likeness (QED) is 0.775. The zero-order chi connectivity index (χ0) is 18.1. The molecule has 5 heteroatoms. The largest absolute Gasteiger partial charge is 0.369 e. The number of nitrogens with zero attached hydrogens (tertiary/aromatic N) is 3. The second kappa shape index (κ2) is 7.08. The summed E-state index contributed by atoms with van der Waals surface area (Å²) in [6.07, 6.45) is 3.04. The lowest BCUT2D eigenvalue weighted by atomic mass is 9.94. The molecule has 1 N–H and O–H groups in total. The van der Waals surface area contributed by atoms with Gasteiger partial charge in [0.1, 0.15) is 5.76 Å². The highest BCUT2D eigenvalue weighted by Crippen LogP contribution is 2.29. The van der Waals surface area contributed by atoms with E-state index in [1.807, 2.05) is 26.1 Å². The van der Waals surface area contributed by atoms with E-state index < -0.39 is 0 Å². The molecule has 1 aliphatic rings. The van der Waals surface area contributed by atoms with E-state index >= 15 is 0 Å². The third kappa shape index (κ3) is 3.31. The first-order valence-corrected chi connectivity index (χ1v) is 9.35. The van der Waals surface area contributed by atoms with Gasteiger partial charge in [-0.2, -0.15) is 0 Å². The molecule has 1 aliphatic heterocycles. The number of fused-ring (bicyclic) bond motifs is 1. The zero-order valence-corrected chi connectivity index (χ0v) is 15.7. The van der Waals surface area contributed by atoms with Crippen LogP contribution in [0.2, 0.25) is 0 Å². The predicted molar refractivity (Wildman–Crippen MR) is 104 cm³/mol. The maximum Gasteiger partial charge on any atom is 0.138 e. The van der Waals surface area contributed by atoms with Crippen LogP contribution in [-0.2, 0) is 6.54 Å². The molecule has 136 valence electrons. The molecule has 26 heavy (non-hydrogen) atoms. The maximum atomic E-state index is 5.29. The van der Waals surface area contributed by atoms with Gasteiger partial charge in [-0.25, -0.2) is 0 Å². The van der Waals surface area contributed by atoms with Crippen molar-refractivity contribution in [2.75, 3.05) is 18.0 Å². The Balaban J connectivity index is 1.53. The van der Waals surface area contributed by atoms with E-state index in [-0.39, 0.29) is 0 Å². The first kappa shape index (κ1) is 17.0. The van der Waals surface area contributed by atoms with Gasteiger partial charge >= 0.3 is 0 Å². The molecule has 1 saturated heterocycles. The number of hydrogen-bond acceptors (Lipinski definition) is 5. The standard InChI is InChI=1S/C21H26N4O/c1-14-10-17(23-11-19-15(2)24-26-16(19)3)13-25(12-14)21-8-4-7-20-18(21)6-5-9-22-20/h4-9,14,17,23H,10-13H2,1-3H3/t14-,17+/m0/s1. The van der Waals surface area contributed by atoms with Crippen LogP contribution in [0.3, 0.4) is 0 Å². The van der Waals surface area contributed by atoms with Crippen molar-refractivity contribution in [3.05, 3.63) is 53.5 Å². The van der Waals surface area contributed by atoms with E-state index in [1.54, 1.807) is 0 Å². The monoisotopic (exact) mass is 350 g/mol. The van der Waals surface area contributed by atoms with Crippen LogP contribution < -0.4 is 10.2 Å². The summed E-state index contributed by atoms with van der Waals surface area (Å²) in [5, 5.41) is 9.02. The van der Waals surface area contributed by atoms with Crippen molar-refractivity contribution in [2.24, 2.45) is 5.92 Å². The van der Waals surface area contributed by atoms with E-state index in [1.165, 1.54) is 23.1 Å². The Morgan fingerprint density at radius 1 is 1.19 bits per heavy atom. The zero-order valence-electron chi connectivity index (χ0n) is 15.7. The summed E-state index contributed by atoms with van der Waals surface area (Å²) in [6.45, 7) is 9.21. The summed E-state index contributed by atoms with van der Waals surface area (Å²) < 4.78 is 5.29. The third-order valence-electron chi connectivity index (χ3n) is 5.37. The Labute approximate surface area is 154 Å². The van der Waals surface area contributed by atoms with Gasteiger partial charge in [0.2, 0.25) is 0 Å². The van der Waals surface area contributed by atoms with Crippen LogP contribution in [0.25, 0.3) is 10.9 Å². The number of aromatic nitrogens is 2.